The third-order valence-electron chi connectivity index (χ3n) is 3.54. The number of hydrogen-bond acceptors (Lipinski definition) is 5. The van der Waals surface area contributed by atoms with Crippen molar-refractivity contribution in [1.29, 1.82) is 5.26 Å². The van der Waals surface area contributed by atoms with Gasteiger partial charge in [-0.2, -0.15) is 5.26 Å². The molecule has 0 spiro atoms. The number of aliphatic hydroxyl groups is 1. The summed E-state index contributed by atoms with van der Waals surface area (Å²) < 4.78 is 26.8. The molecule has 7 heteroatoms. The maximum absolute atomic E-state index is 12.0. The molecule has 2 atom stereocenters. The normalized spacial score (nSPS) is 23.4. The fourth-order valence-corrected chi connectivity index (χ4v) is 4.68. The van der Waals surface area contributed by atoms with Crippen LogP contribution in [0.3, 0.4) is 0 Å². The quantitative estimate of drug-likeness (QED) is 0.857. The van der Waals surface area contributed by atoms with Gasteiger partial charge in [-0.05, 0) is 36.8 Å². The SMILES string of the molecule is N#Cc1ccc(S(=O)(=O)NCC2CCCC2CO)s1. The summed E-state index contributed by atoms with van der Waals surface area (Å²) in [4.78, 5) is 0.384. The molecule has 1 aromatic rings. The van der Waals surface area contributed by atoms with Gasteiger partial charge in [0.05, 0.1) is 0 Å². The van der Waals surface area contributed by atoms with E-state index in [9.17, 15) is 13.5 Å². The van der Waals surface area contributed by atoms with Crippen LogP contribution in [-0.2, 0) is 10.0 Å². The summed E-state index contributed by atoms with van der Waals surface area (Å²) in [6.07, 6.45) is 2.94. The molecule has 1 saturated carbocycles. The summed E-state index contributed by atoms with van der Waals surface area (Å²) in [6, 6.07) is 4.88. The van der Waals surface area contributed by atoms with E-state index in [-0.39, 0.29) is 22.7 Å². The average molecular weight is 300 g/mol. The molecule has 1 aliphatic carbocycles. The van der Waals surface area contributed by atoms with Crippen molar-refractivity contribution in [1.82, 2.24) is 4.72 Å². The van der Waals surface area contributed by atoms with Gasteiger partial charge in [0, 0.05) is 13.2 Å². The molecule has 1 aliphatic rings. The second-order valence-corrected chi connectivity index (χ2v) is 7.79. The first-order valence-corrected chi connectivity index (χ1v) is 8.47. The summed E-state index contributed by atoms with van der Waals surface area (Å²) in [5.41, 5.74) is 0. The summed E-state index contributed by atoms with van der Waals surface area (Å²) in [6.45, 7) is 0.470. The van der Waals surface area contributed by atoms with Crippen LogP contribution in [0.5, 0.6) is 0 Å². The average Bonchev–Trinajstić information content (AvgIpc) is 3.05. The lowest BCUT2D eigenvalue weighted by Gasteiger charge is -2.17. The van der Waals surface area contributed by atoms with Gasteiger partial charge in [-0.25, -0.2) is 13.1 Å². The van der Waals surface area contributed by atoms with Crippen LogP contribution in [-0.4, -0.2) is 26.7 Å². The van der Waals surface area contributed by atoms with E-state index in [0.29, 0.717) is 11.4 Å². The molecule has 0 amide bonds. The van der Waals surface area contributed by atoms with Gasteiger partial charge < -0.3 is 5.11 Å². The van der Waals surface area contributed by atoms with Crippen LogP contribution in [0.2, 0.25) is 0 Å². The molecule has 1 heterocycles. The molecule has 0 saturated heterocycles. The van der Waals surface area contributed by atoms with Gasteiger partial charge in [-0.1, -0.05) is 6.42 Å². The number of nitrogens with one attached hydrogen (secondary N) is 1. The number of nitrogens with zero attached hydrogens (tertiary/aromatic N) is 1. The van der Waals surface area contributed by atoms with Gasteiger partial charge in [-0.3, -0.25) is 0 Å². The maximum Gasteiger partial charge on any atom is 0.250 e. The van der Waals surface area contributed by atoms with Crippen molar-refractivity contribution in [3.8, 4) is 6.07 Å². The van der Waals surface area contributed by atoms with Gasteiger partial charge >= 0.3 is 0 Å². The Labute approximate surface area is 116 Å². The van der Waals surface area contributed by atoms with Crippen LogP contribution < -0.4 is 4.72 Å². The molecule has 0 radical (unpaired) electrons. The summed E-state index contributed by atoms with van der Waals surface area (Å²) in [7, 11) is -3.53. The van der Waals surface area contributed by atoms with Gasteiger partial charge in [-0.15, -0.1) is 11.3 Å². The molecule has 0 aliphatic heterocycles. The first kappa shape index (κ1) is 14.5. The Hall–Kier alpha value is -0.940. The van der Waals surface area contributed by atoms with Gasteiger partial charge in [0.25, 0.3) is 0 Å². The summed E-state index contributed by atoms with van der Waals surface area (Å²) in [5.74, 6) is 0.399. The van der Waals surface area contributed by atoms with Crippen LogP contribution in [0.4, 0.5) is 0 Å². The lowest BCUT2D eigenvalue weighted by Crippen LogP contribution is -2.31. The van der Waals surface area contributed by atoms with E-state index in [4.69, 9.17) is 5.26 Å². The fraction of sp³-hybridized carbons (Fsp3) is 0.583. The molecule has 19 heavy (non-hydrogen) atoms. The van der Waals surface area contributed by atoms with Gasteiger partial charge in [0.1, 0.15) is 15.2 Å². The third kappa shape index (κ3) is 3.34. The molecular weight excluding hydrogens is 284 g/mol. The van der Waals surface area contributed by atoms with Crippen molar-refractivity contribution in [3.05, 3.63) is 17.0 Å². The van der Waals surface area contributed by atoms with Crippen molar-refractivity contribution in [2.75, 3.05) is 13.2 Å². The highest BCUT2D eigenvalue weighted by molar-refractivity contribution is 7.91. The fourth-order valence-electron chi connectivity index (χ4n) is 2.44. The Kier molecular flexibility index (Phi) is 4.58. The molecule has 0 aromatic carbocycles. The Balaban J connectivity index is 2.00. The second kappa shape index (κ2) is 6.01. The Morgan fingerprint density at radius 3 is 2.79 bits per heavy atom. The Bertz CT molecular complexity index is 574. The Morgan fingerprint density at radius 2 is 2.16 bits per heavy atom. The molecule has 0 bridgehead atoms. The smallest absolute Gasteiger partial charge is 0.250 e. The van der Waals surface area contributed by atoms with E-state index in [1.54, 1.807) is 0 Å². The first-order chi connectivity index (χ1) is 9.06. The highest BCUT2D eigenvalue weighted by Crippen LogP contribution is 2.31. The monoisotopic (exact) mass is 300 g/mol. The second-order valence-electron chi connectivity index (χ2n) is 4.72. The molecule has 2 N–H and O–H groups in total. The zero-order chi connectivity index (χ0) is 13.9. The molecule has 1 fully saturated rings. The van der Waals surface area contributed by atoms with Crippen molar-refractivity contribution in [2.45, 2.75) is 23.5 Å². The number of hydrogen-bond donors (Lipinski definition) is 2. The highest BCUT2D eigenvalue weighted by Gasteiger charge is 2.28. The maximum atomic E-state index is 12.0. The minimum Gasteiger partial charge on any atom is -0.396 e. The molecule has 104 valence electrons. The summed E-state index contributed by atoms with van der Waals surface area (Å²) in [5, 5.41) is 17.9. The molecule has 2 rings (SSSR count). The van der Waals surface area contributed by atoms with Crippen LogP contribution in [0, 0.1) is 23.2 Å². The zero-order valence-corrected chi connectivity index (χ0v) is 12.0. The first-order valence-electron chi connectivity index (χ1n) is 6.17. The minimum atomic E-state index is -3.53. The van der Waals surface area contributed by atoms with E-state index in [1.165, 1.54) is 12.1 Å². The van der Waals surface area contributed by atoms with Crippen LogP contribution >= 0.6 is 11.3 Å². The molecule has 1 aromatic heterocycles. The lowest BCUT2D eigenvalue weighted by molar-refractivity contribution is 0.195. The number of thiophene rings is 1. The van der Waals surface area contributed by atoms with Gasteiger partial charge in [0.15, 0.2) is 0 Å². The van der Waals surface area contributed by atoms with E-state index >= 15 is 0 Å². The van der Waals surface area contributed by atoms with E-state index in [2.05, 4.69) is 4.72 Å². The van der Waals surface area contributed by atoms with Crippen LogP contribution in [0.15, 0.2) is 16.3 Å². The number of rotatable bonds is 5. The molecular formula is C12H16N2O3S2. The topological polar surface area (TPSA) is 90.2 Å². The number of sulfonamides is 1. The number of nitriles is 1. The molecule has 5 nitrogen and oxygen atoms in total. The highest BCUT2D eigenvalue weighted by atomic mass is 32.2. The minimum absolute atomic E-state index is 0.115. The van der Waals surface area contributed by atoms with Crippen molar-refractivity contribution < 1.29 is 13.5 Å². The van der Waals surface area contributed by atoms with E-state index in [1.807, 2.05) is 6.07 Å². The lowest BCUT2D eigenvalue weighted by atomic mass is 9.97. The zero-order valence-electron chi connectivity index (χ0n) is 10.4. The van der Waals surface area contributed by atoms with Crippen molar-refractivity contribution in [2.24, 2.45) is 11.8 Å². The van der Waals surface area contributed by atoms with Gasteiger partial charge in [0.2, 0.25) is 10.0 Å². The predicted octanol–water partition coefficient (Wildman–Crippen LogP) is 1.31. The molecule has 2 unspecified atom stereocenters. The van der Waals surface area contributed by atoms with E-state index in [0.717, 1.165) is 30.6 Å². The van der Waals surface area contributed by atoms with Crippen molar-refractivity contribution in [3.63, 3.8) is 0 Å². The third-order valence-corrected chi connectivity index (χ3v) is 6.45. The van der Waals surface area contributed by atoms with Crippen LogP contribution in [0.1, 0.15) is 24.1 Å². The van der Waals surface area contributed by atoms with E-state index < -0.39 is 10.0 Å². The standard InChI is InChI=1S/C12H16N2O3S2/c13-6-11-4-5-12(18-11)19(16,17)14-7-9-2-1-3-10(9)8-15/h4-5,9-10,14-15H,1-3,7-8H2. The predicted molar refractivity (Wildman–Crippen MR) is 72.1 cm³/mol. The van der Waals surface area contributed by atoms with Crippen molar-refractivity contribution >= 4 is 21.4 Å². The summed E-state index contributed by atoms with van der Waals surface area (Å²) >= 11 is 0.968. The van der Waals surface area contributed by atoms with Crippen LogP contribution in [0.25, 0.3) is 0 Å². The number of aliphatic hydroxyl groups excluding tert-OH is 1. The Morgan fingerprint density at radius 1 is 1.42 bits per heavy atom. The largest absolute Gasteiger partial charge is 0.396 e.